The van der Waals surface area contributed by atoms with Crippen molar-refractivity contribution in [1.29, 1.82) is 0 Å². The fourth-order valence-electron chi connectivity index (χ4n) is 1.63. The highest BCUT2D eigenvalue weighted by atomic mass is 16.3. The molecule has 0 aromatic rings. The molecule has 0 spiro atoms. The number of nitrogens with zero attached hydrogens (tertiary/aromatic N) is 1. The number of rotatable bonds is 6. The summed E-state index contributed by atoms with van der Waals surface area (Å²) in [6.45, 7) is 6.44. The van der Waals surface area contributed by atoms with Crippen LogP contribution in [0.5, 0.6) is 0 Å². The largest absolute Gasteiger partial charge is 0.393 e. The average Bonchev–Trinajstić information content (AvgIpc) is 2.80. The van der Waals surface area contributed by atoms with Crippen molar-refractivity contribution in [3.63, 3.8) is 0 Å². The molecule has 72 valence electrons. The highest BCUT2D eigenvalue weighted by molar-refractivity contribution is 4.83. The fourth-order valence-corrected chi connectivity index (χ4v) is 1.63. The molecular formula is C10H21NO. The maximum absolute atomic E-state index is 9.07. The van der Waals surface area contributed by atoms with Crippen molar-refractivity contribution in [3.8, 4) is 0 Å². The molecule has 0 aliphatic heterocycles. The number of hydrogen-bond donors (Lipinski definition) is 1. The number of aliphatic hydroxyl groups is 1. The molecule has 0 radical (unpaired) electrons. The predicted molar refractivity (Wildman–Crippen MR) is 51.2 cm³/mol. The van der Waals surface area contributed by atoms with Gasteiger partial charge in [-0.05, 0) is 45.7 Å². The fraction of sp³-hybridized carbons (Fsp3) is 1.00. The Kier molecular flexibility index (Phi) is 4.02. The van der Waals surface area contributed by atoms with Gasteiger partial charge in [-0.2, -0.15) is 0 Å². The number of hydrogen-bond acceptors (Lipinski definition) is 2. The standard InChI is InChI=1S/C10H21NO/c1-3-11(10-6-7-10)8-4-5-9(2)12/h9-10,12H,3-8H2,1-2H3. The summed E-state index contributed by atoms with van der Waals surface area (Å²) in [7, 11) is 0. The Morgan fingerprint density at radius 1 is 1.50 bits per heavy atom. The van der Waals surface area contributed by atoms with E-state index < -0.39 is 0 Å². The van der Waals surface area contributed by atoms with Crippen LogP contribution in [0.25, 0.3) is 0 Å². The summed E-state index contributed by atoms with van der Waals surface area (Å²) in [5.74, 6) is 0. The highest BCUT2D eigenvalue weighted by Gasteiger charge is 2.26. The van der Waals surface area contributed by atoms with Crippen molar-refractivity contribution in [3.05, 3.63) is 0 Å². The van der Waals surface area contributed by atoms with Gasteiger partial charge in [0.25, 0.3) is 0 Å². The van der Waals surface area contributed by atoms with Crippen LogP contribution in [-0.4, -0.2) is 35.2 Å². The van der Waals surface area contributed by atoms with Crippen LogP contribution in [0.1, 0.15) is 39.5 Å². The molecule has 0 bridgehead atoms. The first kappa shape index (κ1) is 10.0. The molecule has 1 aliphatic rings. The Balaban J connectivity index is 2.02. The van der Waals surface area contributed by atoms with E-state index in [4.69, 9.17) is 5.11 Å². The second-order valence-electron chi connectivity index (χ2n) is 3.85. The minimum Gasteiger partial charge on any atom is -0.393 e. The molecule has 1 saturated carbocycles. The van der Waals surface area contributed by atoms with Gasteiger partial charge in [-0.1, -0.05) is 6.92 Å². The quantitative estimate of drug-likeness (QED) is 0.656. The van der Waals surface area contributed by atoms with E-state index in [9.17, 15) is 0 Å². The first-order valence-electron chi connectivity index (χ1n) is 5.16. The van der Waals surface area contributed by atoms with Crippen molar-refractivity contribution in [2.24, 2.45) is 0 Å². The second-order valence-corrected chi connectivity index (χ2v) is 3.85. The van der Waals surface area contributed by atoms with E-state index in [1.807, 2.05) is 6.92 Å². The van der Waals surface area contributed by atoms with Gasteiger partial charge in [-0.25, -0.2) is 0 Å². The third-order valence-electron chi connectivity index (χ3n) is 2.54. The first-order valence-corrected chi connectivity index (χ1v) is 5.16. The molecule has 0 aromatic heterocycles. The molecule has 2 nitrogen and oxygen atoms in total. The lowest BCUT2D eigenvalue weighted by Crippen LogP contribution is -2.27. The van der Waals surface area contributed by atoms with E-state index in [1.165, 1.54) is 25.9 Å². The van der Waals surface area contributed by atoms with Gasteiger partial charge in [-0.3, -0.25) is 0 Å². The Bertz CT molecular complexity index is 121. The van der Waals surface area contributed by atoms with Gasteiger partial charge in [-0.15, -0.1) is 0 Å². The van der Waals surface area contributed by atoms with Gasteiger partial charge in [0.15, 0.2) is 0 Å². The van der Waals surface area contributed by atoms with Crippen LogP contribution in [0, 0.1) is 0 Å². The van der Waals surface area contributed by atoms with Crippen LogP contribution in [-0.2, 0) is 0 Å². The monoisotopic (exact) mass is 171 g/mol. The predicted octanol–water partition coefficient (Wildman–Crippen LogP) is 1.63. The summed E-state index contributed by atoms with van der Waals surface area (Å²) in [5.41, 5.74) is 0. The van der Waals surface area contributed by atoms with E-state index in [1.54, 1.807) is 0 Å². The molecule has 0 aromatic carbocycles. The van der Waals surface area contributed by atoms with Gasteiger partial charge in [0.05, 0.1) is 6.10 Å². The van der Waals surface area contributed by atoms with Crippen LogP contribution < -0.4 is 0 Å². The molecule has 2 heteroatoms. The van der Waals surface area contributed by atoms with E-state index in [0.29, 0.717) is 0 Å². The Hall–Kier alpha value is -0.0800. The molecule has 1 atom stereocenters. The minimum absolute atomic E-state index is 0.122. The molecule has 1 fully saturated rings. The van der Waals surface area contributed by atoms with Gasteiger partial charge >= 0.3 is 0 Å². The van der Waals surface area contributed by atoms with E-state index >= 15 is 0 Å². The third kappa shape index (κ3) is 3.55. The van der Waals surface area contributed by atoms with Gasteiger partial charge in [0, 0.05) is 6.04 Å². The van der Waals surface area contributed by atoms with Crippen molar-refractivity contribution in [1.82, 2.24) is 4.90 Å². The molecular weight excluding hydrogens is 150 g/mol. The van der Waals surface area contributed by atoms with E-state index in [2.05, 4.69) is 11.8 Å². The number of aliphatic hydroxyl groups excluding tert-OH is 1. The molecule has 1 unspecified atom stereocenters. The van der Waals surface area contributed by atoms with Crippen molar-refractivity contribution in [2.45, 2.75) is 51.7 Å². The zero-order valence-electron chi connectivity index (χ0n) is 8.29. The Morgan fingerprint density at radius 2 is 2.17 bits per heavy atom. The van der Waals surface area contributed by atoms with Gasteiger partial charge in [0.2, 0.25) is 0 Å². The summed E-state index contributed by atoms with van der Waals surface area (Å²) in [6, 6.07) is 0.879. The van der Waals surface area contributed by atoms with Crippen LogP contribution in [0.4, 0.5) is 0 Å². The zero-order chi connectivity index (χ0) is 8.97. The van der Waals surface area contributed by atoms with Crippen molar-refractivity contribution >= 4 is 0 Å². The van der Waals surface area contributed by atoms with Crippen LogP contribution in [0.2, 0.25) is 0 Å². The molecule has 1 N–H and O–H groups in total. The minimum atomic E-state index is -0.122. The molecule has 0 saturated heterocycles. The second kappa shape index (κ2) is 4.83. The lowest BCUT2D eigenvalue weighted by molar-refractivity contribution is 0.170. The SMILES string of the molecule is CCN(CCCC(C)O)C1CC1. The summed E-state index contributed by atoms with van der Waals surface area (Å²) in [5, 5.41) is 9.07. The molecule has 0 heterocycles. The lowest BCUT2D eigenvalue weighted by atomic mass is 10.2. The Labute approximate surface area is 75.6 Å². The smallest absolute Gasteiger partial charge is 0.0512 e. The zero-order valence-corrected chi connectivity index (χ0v) is 8.29. The lowest BCUT2D eigenvalue weighted by Gasteiger charge is -2.19. The average molecular weight is 171 g/mol. The maximum Gasteiger partial charge on any atom is 0.0512 e. The van der Waals surface area contributed by atoms with Crippen LogP contribution in [0.15, 0.2) is 0 Å². The normalized spacial score (nSPS) is 20.0. The van der Waals surface area contributed by atoms with Crippen LogP contribution in [0.3, 0.4) is 0 Å². The van der Waals surface area contributed by atoms with Crippen molar-refractivity contribution < 1.29 is 5.11 Å². The summed E-state index contributed by atoms with van der Waals surface area (Å²) in [6.07, 6.45) is 4.75. The molecule has 1 aliphatic carbocycles. The van der Waals surface area contributed by atoms with Crippen molar-refractivity contribution in [2.75, 3.05) is 13.1 Å². The maximum atomic E-state index is 9.07. The van der Waals surface area contributed by atoms with Crippen LogP contribution >= 0.6 is 0 Å². The van der Waals surface area contributed by atoms with Gasteiger partial charge in [0.1, 0.15) is 0 Å². The summed E-state index contributed by atoms with van der Waals surface area (Å²) >= 11 is 0. The topological polar surface area (TPSA) is 23.5 Å². The molecule has 12 heavy (non-hydrogen) atoms. The summed E-state index contributed by atoms with van der Waals surface area (Å²) < 4.78 is 0. The first-order chi connectivity index (χ1) is 5.74. The van der Waals surface area contributed by atoms with Gasteiger partial charge < -0.3 is 10.0 Å². The molecule has 0 amide bonds. The summed E-state index contributed by atoms with van der Waals surface area (Å²) in [4.78, 5) is 2.53. The Morgan fingerprint density at radius 3 is 2.58 bits per heavy atom. The van der Waals surface area contributed by atoms with E-state index in [-0.39, 0.29) is 6.10 Å². The highest BCUT2D eigenvalue weighted by Crippen LogP contribution is 2.26. The molecule has 1 rings (SSSR count). The third-order valence-corrected chi connectivity index (χ3v) is 2.54. The van der Waals surface area contributed by atoms with E-state index in [0.717, 1.165) is 18.9 Å².